The summed E-state index contributed by atoms with van der Waals surface area (Å²) in [6, 6.07) is 3.00. The highest BCUT2D eigenvalue weighted by atomic mass is 16.5. The number of phenolic OH excluding ortho intramolecular Hbond substituents is 1. The number of likely N-dealkylation sites (N-methyl/N-ethyl adjacent to an activating group) is 1. The molecule has 418 valence electrons. The largest absolute Gasteiger partial charge is 0.508 e. The maximum atomic E-state index is 14.8. The lowest BCUT2D eigenvalue weighted by Gasteiger charge is -2.44. The smallest absolute Gasteiger partial charge is 0.329 e. The Labute approximate surface area is 444 Å². The van der Waals surface area contributed by atoms with Crippen molar-refractivity contribution in [1.82, 2.24) is 41.7 Å². The summed E-state index contributed by atoms with van der Waals surface area (Å²) < 4.78 is 5.93. The number of carboxylic acid groups (broad SMARTS) is 1. The van der Waals surface area contributed by atoms with Crippen molar-refractivity contribution in [1.29, 1.82) is 0 Å². The predicted molar refractivity (Wildman–Crippen MR) is 277 cm³/mol. The van der Waals surface area contributed by atoms with Gasteiger partial charge >= 0.3 is 11.9 Å². The molecule has 2 aliphatic rings. The van der Waals surface area contributed by atoms with Crippen molar-refractivity contribution >= 4 is 59.2 Å². The molecule has 11 atom stereocenters. The number of piperidine rings is 1. The van der Waals surface area contributed by atoms with Gasteiger partial charge in [0.15, 0.2) is 0 Å². The van der Waals surface area contributed by atoms with Crippen molar-refractivity contribution in [3.05, 3.63) is 65.7 Å². The van der Waals surface area contributed by atoms with Gasteiger partial charge in [0.1, 0.15) is 66.4 Å². The zero-order valence-electron chi connectivity index (χ0n) is 45.0. The Hall–Kier alpha value is -7.10. The minimum atomic E-state index is -1.81. The number of amides is 8. The highest BCUT2D eigenvalue weighted by Gasteiger charge is 2.47. The molecule has 4 rings (SSSR count). The number of rotatable bonds is 19. The molecule has 0 spiro atoms. The number of fused-ring (bicyclic) bond motifs is 2. The van der Waals surface area contributed by atoms with Gasteiger partial charge in [0.25, 0.3) is 0 Å². The molecule has 2 bridgehead atoms. The van der Waals surface area contributed by atoms with Crippen LogP contribution in [0.25, 0.3) is 0 Å². The summed E-state index contributed by atoms with van der Waals surface area (Å²) in [5.41, 5.74) is 1.07. The van der Waals surface area contributed by atoms with E-state index in [0.29, 0.717) is 24.0 Å². The van der Waals surface area contributed by atoms with E-state index >= 15 is 0 Å². The summed E-state index contributed by atoms with van der Waals surface area (Å²) in [4.78, 5) is 142. The summed E-state index contributed by atoms with van der Waals surface area (Å²) in [5.74, 6) is -10.3. The van der Waals surface area contributed by atoms with Crippen LogP contribution in [0, 0.1) is 17.8 Å². The third kappa shape index (κ3) is 17.2. The first kappa shape index (κ1) is 61.4. The molecule has 2 fully saturated rings. The van der Waals surface area contributed by atoms with Crippen LogP contribution < -0.4 is 31.9 Å². The average molecular weight is 1060 g/mol. The molecule has 2 heterocycles. The second-order valence-electron chi connectivity index (χ2n) is 20.6. The topological polar surface area (TPSA) is 319 Å². The number of esters is 1. The van der Waals surface area contributed by atoms with Gasteiger partial charge in [-0.25, -0.2) is 9.59 Å². The van der Waals surface area contributed by atoms with E-state index in [4.69, 9.17) is 4.74 Å². The highest BCUT2D eigenvalue weighted by Crippen LogP contribution is 2.27. The van der Waals surface area contributed by atoms with Gasteiger partial charge in [-0.15, -0.1) is 0 Å². The Kier molecular flexibility index (Phi) is 23.2. The van der Waals surface area contributed by atoms with E-state index in [1.54, 1.807) is 65.0 Å². The summed E-state index contributed by atoms with van der Waals surface area (Å²) in [6.07, 6.45) is -3.47. The summed E-state index contributed by atoms with van der Waals surface area (Å²) in [5, 5.41) is 47.3. The van der Waals surface area contributed by atoms with Crippen LogP contribution in [0.15, 0.2) is 54.6 Å². The number of benzene rings is 2. The van der Waals surface area contributed by atoms with Crippen molar-refractivity contribution in [3.63, 3.8) is 0 Å². The maximum absolute atomic E-state index is 14.8. The van der Waals surface area contributed by atoms with Gasteiger partial charge < -0.3 is 61.8 Å². The first-order valence-electron chi connectivity index (χ1n) is 26.2. The van der Waals surface area contributed by atoms with Gasteiger partial charge in [0, 0.05) is 32.7 Å². The number of aromatic hydroxyl groups is 1. The molecular weight excluding hydrogens is 985 g/mol. The van der Waals surface area contributed by atoms with Crippen molar-refractivity contribution in [2.24, 2.45) is 17.8 Å². The maximum Gasteiger partial charge on any atom is 0.329 e. The number of aliphatic hydroxyl groups is 1. The number of ether oxygens (including phenoxy) is 1. The van der Waals surface area contributed by atoms with Crippen molar-refractivity contribution in [2.75, 3.05) is 7.05 Å². The van der Waals surface area contributed by atoms with Crippen LogP contribution in [-0.4, -0.2) is 152 Å². The lowest BCUT2D eigenvalue weighted by Crippen LogP contribution is -2.66. The third-order valence-electron chi connectivity index (χ3n) is 13.7. The molecule has 22 nitrogen and oxygen atoms in total. The van der Waals surface area contributed by atoms with Gasteiger partial charge in [0.05, 0.1) is 0 Å². The lowest BCUT2D eigenvalue weighted by molar-refractivity contribution is -0.167. The molecule has 0 aliphatic carbocycles. The highest BCUT2D eigenvalue weighted by molar-refractivity contribution is 5.98. The molecule has 2 aromatic rings. The Morgan fingerprint density at radius 1 is 0.763 bits per heavy atom. The van der Waals surface area contributed by atoms with Gasteiger partial charge in [-0.3, -0.25) is 38.4 Å². The Bertz CT molecular complexity index is 2370. The van der Waals surface area contributed by atoms with E-state index in [0.717, 1.165) is 4.90 Å². The number of aliphatic carboxylic acids is 1. The molecule has 2 aromatic carbocycles. The first-order chi connectivity index (χ1) is 35.9. The normalized spacial score (nSPS) is 24.4. The standard InChI is InChI=1S/C54H78N8O14/c1-10-15-41(64)55-38(26-29(3)4)47(67)57-37(53(73)74)22-24-42(65)59-45-32(8)76-54(75)44(31(7)11-2)60-49(69)40(28-33-16-13-12-14-17-33)61(9)52(72)46(30(5)6)62-43(66)25-23-36(51(62)71)56-48(68)39(58-50(45)70)27-34-18-20-35(63)21-19-34/h12-14,16-21,29-32,36-40,43-46,63,66H,10-11,15,22-28H2,1-9H3,(H,55,64)(H,56,68)(H,57,67)(H,58,70)(H,59,65)(H,60,69)(H,73,74)/t31-,32+,36+,37+,38-,39+,40+,43-,44+,45+,46+/m1/s1. The molecule has 2 aliphatic heterocycles. The zero-order valence-corrected chi connectivity index (χ0v) is 45.0. The van der Waals surface area contributed by atoms with Crippen LogP contribution in [-0.2, 0) is 65.5 Å². The van der Waals surface area contributed by atoms with Crippen molar-refractivity contribution in [3.8, 4) is 5.75 Å². The fraction of sp³-hybridized carbons (Fsp3) is 0.593. The van der Waals surface area contributed by atoms with Crippen LogP contribution in [0.3, 0.4) is 0 Å². The van der Waals surface area contributed by atoms with E-state index in [1.165, 1.54) is 43.1 Å². The molecule has 22 heteroatoms. The monoisotopic (exact) mass is 1060 g/mol. The second kappa shape index (κ2) is 28.7. The number of nitrogens with zero attached hydrogens (tertiary/aromatic N) is 2. The number of hydrogen-bond acceptors (Lipinski definition) is 13. The fourth-order valence-electron chi connectivity index (χ4n) is 9.19. The minimum Gasteiger partial charge on any atom is -0.508 e. The molecule has 0 unspecified atom stereocenters. The number of carboxylic acids is 1. The second-order valence-corrected chi connectivity index (χ2v) is 20.6. The molecule has 2 saturated heterocycles. The number of carbonyl (C=O) groups excluding carboxylic acids is 9. The van der Waals surface area contributed by atoms with Crippen LogP contribution in [0.5, 0.6) is 5.75 Å². The van der Waals surface area contributed by atoms with Gasteiger partial charge in [0.2, 0.25) is 47.3 Å². The lowest BCUT2D eigenvalue weighted by atomic mass is 9.93. The minimum absolute atomic E-state index is 0.0508. The van der Waals surface area contributed by atoms with Crippen LogP contribution in [0.1, 0.15) is 118 Å². The molecular formula is C54H78N8O14. The number of nitrogens with one attached hydrogen (secondary N) is 6. The van der Waals surface area contributed by atoms with Crippen LogP contribution in [0.2, 0.25) is 0 Å². The number of phenols is 1. The third-order valence-corrected chi connectivity index (χ3v) is 13.7. The van der Waals surface area contributed by atoms with E-state index in [1.807, 2.05) is 13.8 Å². The fourth-order valence-corrected chi connectivity index (χ4v) is 9.19. The molecule has 0 aromatic heterocycles. The summed E-state index contributed by atoms with van der Waals surface area (Å²) in [7, 11) is 1.38. The Morgan fingerprint density at radius 3 is 2.00 bits per heavy atom. The van der Waals surface area contributed by atoms with Crippen molar-refractivity contribution < 1.29 is 68.0 Å². The van der Waals surface area contributed by atoms with E-state index in [2.05, 4.69) is 31.9 Å². The Balaban J connectivity index is 1.80. The quantitative estimate of drug-likeness (QED) is 0.0903. The number of hydrogen-bond donors (Lipinski definition) is 9. The predicted octanol–water partition coefficient (Wildman–Crippen LogP) is 1.58. The molecule has 8 amide bonds. The molecule has 0 radical (unpaired) electrons. The van der Waals surface area contributed by atoms with Crippen molar-refractivity contribution in [2.45, 2.75) is 180 Å². The van der Waals surface area contributed by atoms with E-state index in [9.17, 15) is 63.3 Å². The molecule has 0 saturated carbocycles. The summed E-state index contributed by atoms with van der Waals surface area (Å²) >= 11 is 0. The summed E-state index contributed by atoms with van der Waals surface area (Å²) in [6.45, 7) is 13.5. The molecule has 9 N–H and O–H groups in total. The first-order valence-corrected chi connectivity index (χ1v) is 26.2. The number of carbonyl (C=O) groups is 10. The number of aliphatic hydroxyl groups excluding tert-OH is 1. The van der Waals surface area contributed by atoms with Gasteiger partial charge in [-0.2, -0.15) is 0 Å². The van der Waals surface area contributed by atoms with Crippen LogP contribution in [0.4, 0.5) is 0 Å². The Morgan fingerprint density at radius 2 is 1.41 bits per heavy atom. The van der Waals surface area contributed by atoms with E-state index < -0.39 is 145 Å². The zero-order chi connectivity index (χ0) is 56.6. The van der Waals surface area contributed by atoms with Gasteiger partial charge in [-0.1, -0.05) is 97.4 Å². The number of cyclic esters (lactones) is 1. The van der Waals surface area contributed by atoms with Crippen LogP contribution >= 0.6 is 0 Å². The SMILES string of the molecule is CCCC(=O)N[C@H](CC(C)C)C(=O)N[C@@H](CCC(=O)N[C@@H]1C(=O)N[C@@H](Cc2ccc(O)cc2)C(=O)N[C@H]2CC[C@@H](O)N(C2=O)[C@@H](C(C)C)C(=O)N(C)[C@@H](Cc2ccccc2)C(=O)N[C@@H]([C@H](C)CC)C(=O)O[C@H]1C)C(=O)O. The van der Waals surface area contributed by atoms with Gasteiger partial charge in [-0.05, 0) is 80.0 Å². The van der Waals surface area contributed by atoms with E-state index in [-0.39, 0.29) is 50.2 Å². The molecule has 76 heavy (non-hydrogen) atoms. The average Bonchev–Trinajstić information content (AvgIpc) is 3.36.